The van der Waals surface area contributed by atoms with Crippen LogP contribution in [-0.2, 0) is 0 Å². The second-order valence-corrected chi connectivity index (χ2v) is 4.21. The number of benzene rings is 1. The molecule has 0 saturated carbocycles. The predicted molar refractivity (Wildman–Crippen MR) is 69.5 cm³/mol. The van der Waals surface area contributed by atoms with E-state index in [2.05, 4.69) is 14.7 Å². The van der Waals surface area contributed by atoms with E-state index in [1.807, 2.05) is 31.2 Å². The second-order valence-electron chi connectivity index (χ2n) is 3.46. The molecule has 0 bridgehead atoms. The van der Waals surface area contributed by atoms with Crippen LogP contribution in [0.4, 0.5) is 10.8 Å². The number of rotatable bonds is 5. The van der Waals surface area contributed by atoms with Gasteiger partial charge in [0.2, 0.25) is 5.13 Å². The van der Waals surface area contributed by atoms with Crippen LogP contribution in [-0.4, -0.2) is 22.5 Å². The summed E-state index contributed by atoms with van der Waals surface area (Å²) in [5.74, 6) is 1.49. The molecule has 90 valence electrons. The molecule has 0 atom stereocenters. The number of nitrogens with one attached hydrogen (secondary N) is 1. The van der Waals surface area contributed by atoms with E-state index >= 15 is 0 Å². The second kappa shape index (κ2) is 5.49. The molecule has 0 unspecified atom stereocenters. The van der Waals surface area contributed by atoms with Crippen molar-refractivity contribution in [2.75, 3.05) is 24.2 Å². The van der Waals surface area contributed by atoms with Gasteiger partial charge < -0.3 is 15.8 Å². The maximum atomic E-state index is 5.75. The Hall–Kier alpha value is -1.82. The van der Waals surface area contributed by atoms with Crippen LogP contribution in [0.1, 0.15) is 5.82 Å². The van der Waals surface area contributed by atoms with Gasteiger partial charge in [-0.15, -0.1) is 0 Å². The minimum Gasteiger partial charge on any atom is -0.490 e. The first kappa shape index (κ1) is 11.7. The van der Waals surface area contributed by atoms with Crippen LogP contribution in [0.5, 0.6) is 5.75 Å². The summed E-state index contributed by atoms with van der Waals surface area (Å²) in [5, 5.41) is 3.95. The van der Waals surface area contributed by atoms with E-state index in [4.69, 9.17) is 10.5 Å². The number of hydrogen-bond acceptors (Lipinski definition) is 6. The lowest BCUT2D eigenvalue weighted by Gasteiger charge is -2.08. The average molecular weight is 250 g/mol. The van der Waals surface area contributed by atoms with Gasteiger partial charge in [-0.25, -0.2) is 4.98 Å². The molecule has 0 aliphatic heterocycles. The van der Waals surface area contributed by atoms with Crippen molar-refractivity contribution in [1.29, 1.82) is 0 Å². The first-order chi connectivity index (χ1) is 8.25. The van der Waals surface area contributed by atoms with Crippen molar-refractivity contribution >= 4 is 22.4 Å². The number of aryl methyl sites for hydroxylation is 1. The minimum atomic E-state index is 0.535. The fourth-order valence-corrected chi connectivity index (χ4v) is 1.90. The van der Waals surface area contributed by atoms with Gasteiger partial charge in [0.15, 0.2) is 0 Å². The van der Waals surface area contributed by atoms with Crippen molar-refractivity contribution in [3.63, 3.8) is 0 Å². The lowest BCUT2D eigenvalue weighted by molar-refractivity contribution is 0.334. The fraction of sp³-hybridized carbons (Fsp3) is 0.273. The Balaban J connectivity index is 1.75. The predicted octanol–water partition coefficient (Wildman–Crippen LogP) is 1.92. The average Bonchev–Trinajstić information content (AvgIpc) is 2.73. The summed E-state index contributed by atoms with van der Waals surface area (Å²) in [6, 6.07) is 7.44. The summed E-state index contributed by atoms with van der Waals surface area (Å²) in [6.07, 6.45) is 0. The summed E-state index contributed by atoms with van der Waals surface area (Å²) in [6.45, 7) is 3.07. The maximum absolute atomic E-state index is 5.75. The quantitative estimate of drug-likeness (QED) is 0.626. The Labute approximate surface area is 104 Å². The van der Waals surface area contributed by atoms with E-state index in [0.717, 1.165) is 11.0 Å². The highest BCUT2D eigenvalue weighted by molar-refractivity contribution is 7.09. The zero-order valence-electron chi connectivity index (χ0n) is 9.51. The molecule has 1 heterocycles. The molecule has 0 radical (unpaired) electrons. The van der Waals surface area contributed by atoms with Crippen LogP contribution in [0.15, 0.2) is 24.3 Å². The third kappa shape index (κ3) is 3.32. The van der Waals surface area contributed by atoms with Crippen LogP contribution in [0.25, 0.3) is 0 Å². The van der Waals surface area contributed by atoms with Gasteiger partial charge in [0.05, 0.1) is 12.2 Å². The molecule has 0 fully saturated rings. The van der Waals surface area contributed by atoms with Crippen molar-refractivity contribution in [3.05, 3.63) is 30.1 Å². The minimum absolute atomic E-state index is 0.535. The highest BCUT2D eigenvalue weighted by Gasteiger charge is 2.00. The molecule has 1 aromatic carbocycles. The van der Waals surface area contributed by atoms with E-state index in [-0.39, 0.29) is 0 Å². The number of hydrogen-bond donors (Lipinski definition) is 2. The lowest BCUT2D eigenvalue weighted by Crippen LogP contribution is -2.11. The Morgan fingerprint density at radius 2 is 2.24 bits per heavy atom. The first-order valence-corrected chi connectivity index (χ1v) is 6.04. The van der Waals surface area contributed by atoms with Gasteiger partial charge in [0, 0.05) is 11.5 Å². The van der Waals surface area contributed by atoms with Crippen LogP contribution in [0, 0.1) is 6.92 Å². The molecule has 0 amide bonds. The topological polar surface area (TPSA) is 73.1 Å². The van der Waals surface area contributed by atoms with Crippen LogP contribution >= 0.6 is 11.5 Å². The number of ether oxygens (including phenoxy) is 1. The molecule has 2 rings (SSSR count). The largest absolute Gasteiger partial charge is 0.490 e. The number of aromatic nitrogens is 2. The van der Waals surface area contributed by atoms with E-state index in [1.165, 1.54) is 11.5 Å². The molecule has 6 heteroatoms. The molecular weight excluding hydrogens is 236 g/mol. The molecule has 1 aromatic heterocycles. The number of anilines is 2. The van der Waals surface area contributed by atoms with E-state index < -0.39 is 0 Å². The number of nitrogen functional groups attached to an aromatic ring is 1. The molecule has 5 nitrogen and oxygen atoms in total. The normalized spacial score (nSPS) is 10.2. The van der Waals surface area contributed by atoms with Gasteiger partial charge in [-0.1, -0.05) is 12.1 Å². The maximum Gasteiger partial charge on any atom is 0.202 e. The van der Waals surface area contributed by atoms with Gasteiger partial charge in [-0.05, 0) is 19.1 Å². The molecule has 0 saturated heterocycles. The van der Waals surface area contributed by atoms with Gasteiger partial charge in [0.1, 0.15) is 18.2 Å². The van der Waals surface area contributed by atoms with Gasteiger partial charge in [-0.3, -0.25) is 0 Å². The first-order valence-electron chi connectivity index (χ1n) is 5.27. The van der Waals surface area contributed by atoms with Crippen molar-refractivity contribution < 1.29 is 4.74 Å². The number of para-hydroxylation sites is 2. The Kier molecular flexibility index (Phi) is 3.77. The zero-order valence-corrected chi connectivity index (χ0v) is 10.3. The molecule has 0 aliphatic carbocycles. The zero-order chi connectivity index (χ0) is 12.1. The van der Waals surface area contributed by atoms with Gasteiger partial charge in [0.25, 0.3) is 0 Å². The van der Waals surface area contributed by atoms with Gasteiger partial charge in [-0.2, -0.15) is 4.37 Å². The van der Waals surface area contributed by atoms with E-state index in [1.54, 1.807) is 0 Å². The molecule has 0 spiro atoms. The van der Waals surface area contributed by atoms with Crippen molar-refractivity contribution in [3.8, 4) is 5.75 Å². The van der Waals surface area contributed by atoms with Crippen molar-refractivity contribution in [1.82, 2.24) is 9.36 Å². The summed E-state index contributed by atoms with van der Waals surface area (Å²) < 4.78 is 9.61. The number of nitrogens with zero attached hydrogens (tertiary/aromatic N) is 2. The molecule has 17 heavy (non-hydrogen) atoms. The Morgan fingerprint density at radius 1 is 1.41 bits per heavy atom. The van der Waals surface area contributed by atoms with E-state index in [0.29, 0.717) is 24.6 Å². The van der Waals surface area contributed by atoms with Crippen LogP contribution in [0.2, 0.25) is 0 Å². The molecule has 0 aliphatic rings. The SMILES string of the molecule is Cc1nsc(NCCOc2ccccc2N)n1. The molecule has 2 aromatic rings. The summed E-state index contributed by atoms with van der Waals surface area (Å²) in [5.41, 5.74) is 6.40. The standard InChI is InChI=1S/C11H14N4OS/c1-8-14-11(17-15-8)13-6-7-16-10-5-3-2-4-9(10)12/h2-5H,6-7,12H2,1H3,(H,13,14,15). The summed E-state index contributed by atoms with van der Waals surface area (Å²) in [7, 11) is 0. The summed E-state index contributed by atoms with van der Waals surface area (Å²) in [4.78, 5) is 4.19. The molecular formula is C11H14N4OS. The number of nitrogens with two attached hydrogens (primary N) is 1. The smallest absolute Gasteiger partial charge is 0.202 e. The van der Waals surface area contributed by atoms with Gasteiger partial charge >= 0.3 is 0 Å². The third-order valence-electron chi connectivity index (χ3n) is 2.08. The van der Waals surface area contributed by atoms with Crippen LogP contribution in [0.3, 0.4) is 0 Å². The van der Waals surface area contributed by atoms with E-state index in [9.17, 15) is 0 Å². The fourth-order valence-electron chi connectivity index (χ4n) is 1.30. The Bertz CT molecular complexity index is 486. The lowest BCUT2D eigenvalue weighted by atomic mass is 10.3. The monoisotopic (exact) mass is 250 g/mol. The van der Waals surface area contributed by atoms with Crippen molar-refractivity contribution in [2.24, 2.45) is 0 Å². The highest BCUT2D eigenvalue weighted by Crippen LogP contribution is 2.19. The highest BCUT2D eigenvalue weighted by atomic mass is 32.1. The summed E-state index contributed by atoms with van der Waals surface area (Å²) >= 11 is 1.35. The third-order valence-corrected chi connectivity index (χ3v) is 2.85. The van der Waals surface area contributed by atoms with Crippen LogP contribution < -0.4 is 15.8 Å². The Morgan fingerprint density at radius 3 is 2.94 bits per heavy atom. The molecule has 3 N–H and O–H groups in total. The van der Waals surface area contributed by atoms with Crippen molar-refractivity contribution in [2.45, 2.75) is 6.92 Å².